The van der Waals surface area contributed by atoms with E-state index >= 15 is 0 Å². The van der Waals surface area contributed by atoms with Gasteiger partial charge in [0.15, 0.2) is 0 Å². The maximum absolute atomic E-state index is 12.2. The molecule has 1 fully saturated rings. The second-order valence-electron chi connectivity index (χ2n) is 4.73. The van der Waals surface area contributed by atoms with Crippen molar-refractivity contribution in [2.75, 3.05) is 26.3 Å². The Kier molecular flexibility index (Phi) is 4.87. The Morgan fingerprint density at radius 2 is 2.10 bits per heavy atom. The first kappa shape index (κ1) is 16.2. The average Bonchev–Trinajstić information content (AvgIpc) is 2.79. The van der Waals surface area contributed by atoms with E-state index in [1.165, 1.54) is 17.8 Å². The van der Waals surface area contributed by atoms with Gasteiger partial charge in [-0.05, 0) is 6.92 Å². The largest absolute Gasteiger partial charge is 0.378 e. The molecule has 0 aromatic carbocycles. The van der Waals surface area contributed by atoms with Gasteiger partial charge in [0, 0.05) is 20.1 Å². The summed E-state index contributed by atoms with van der Waals surface area (Å²) in [6, 6.07) is -0.897. The van der Waals surface area contributed by atoms with Gasteiger partial charge in [-0.1, -0.05) is 11.6 Å². The van der Waals surface area contributed by atoms with E-state index in [0.29, 0.717) is 26.3 Å². The van der Waals surface area contributed by atoms with Crippen LogP contribution in [0.2, 0.25) is 5.15 Å². The number of nitrogens with one attached hydrogen (secondary N) is 1. The van der Waals surface area contributed by atoms with Crippen molar-refractivity contribution in [2.24, 2.45) is 7.05 Å². The van der Waals surface area contributed by atoms with Crippen LogP contribution in [0.15, 0.2) is 11.4 Å². The predicted molar refractivity (Wildman–Crippen MR) is 75.4 cm³/mol. The second kappa shape index (κ2) is 6.30. The SMILES string of the molecule is CC(NS(=O)(=O)c1ncn(C)c1Cl)C(=O)N1CCOCC1. The van der Waals surface area contributed by atoms with Gasteiger partial charge in [-0.15, -0.1) is 0 Å². The molecule has 1 unspecified atom stereocenters. The summed E-state index contributed by atoms with van der Waals surface area (Å²) >= 11 is 5.87. The molecule has 0 bridgehead atoms. The Morgan fingerprint density at radius 1 is 1.48 bits per heavy atom. The van der Waals surface area contributed by atoms with Crippen LogP contribution >= 0.6 is 11.6 Å². The molecule has 1 atom stereocenters. The van der Waals surface area contributed by atoms with Crippen LogP contribution in [-0.2, 0) is 26.6 Å². The molecule has 2 heterocycles. The molecule has 8 nitrogen and oxygen atoms in total. The van der Waals surface area contributed by atoms with Crippen LogP contribution in [0.1, 0.15) is 6.92 Å². The first-order valence-corrected chi connectivity index (χ1v) is 8.24. The Bertz CT molecular complexity index is 624. The van der Waals surface area contributed by atoms with Gasteiger partial charge in [0.1, 0.15) is 5.15 Å². The number of sulfonamides is 1. The zero-order valence-corrected chi connectivity index (χ0v) is 13.3. The van der Waals surface area contributed by atoms with Gasteiger partial charge < -0.3 is 14.2 Å². The van der Waals surface area contributed by atoms with Crippen molar-refractivity contribution in [3.05, 3.63) is 11.5 Å². The zero-order chi connectivity index (χ0) is 15.6. The van der Waals surface area contributed by atoms with E-state index in [9.17, 15) is 13.2 Å². The van der Waals surface area contributed by atoms with Crippen LogP contribution in [0.25, 0.3) is 0 Å². The molecule has 1 aromatic heterocycles. The van der Waals surface area contributed by atoms with Crippen molar-refractivity contribution in [3.63, 3.8) is 0 Å². The van der Waals surface area contributed by atoms with Crippen LogP contribution in [-0.4, -0.2) is 61.1 Å². The quantitative estimate of drug-likeness (QED) is 0.807. The Hall–Kier alpha value is -1.16. The summed E-state index contributed by atoms with van der Waals surface area (Å²) in [5.74, 6) is -0.297. The Labute approximate surface area is 128 Å². The molecular formula is C11H17ClN4O4S. The highest BCUT2D eigenvalue weighted by atomic mass is 35.5. The molecule has 118 valence electrons. The van der Waals surface area contributed by atoms with Gasteiger partial charge in [-0.3, -0.25) is 4.79 Å². The van der Waals surface area contributed by atoms with E-state index in [4.69, 9.17) is 16.3 Å². The Morgan fingerprint density at radius 3 is 2.62 bits per heavy atom. The molecular weight excluding hydrogens is 320 g/mol. The predicted octanol–water partition coefficient (Wildman–Crippen LogP) is -0.401. The number of aromatic nitrogens is 2. The van der Waals surface area contributed by atoms with E-state index in [1.54, 1.807) is 11.9 Å². The second-order valence-corrected chi connectivity index (χ2v) is 6.72. The number of morpholine rings is 1. The number of amides is 1. The minimum atomic E-state index is -3.95. The first-order chi connectivity index (χ1) is 9.83. The lowest BCUT2D eigenvalue weighted by Crippen LogP contribution is -2.50. The van der Waals surface area contributed by atoms with Crippen molar-refractivity contribution in [1.29, 1.82) is 0 Å². The van der Waals surface area contributed by atoms with Gasteiger partial charge in [0.05, 0.1) is 25.6 Å². The molecule has 10 heteroatoms. The number of nitrogens with zero attached hydrogens (tertiary/aromatic N) is 3. The van der Waals surface area contributed by atoms with Gasteiger partial charge in [0.2, 0.25) is 10.9 Å². The summed E-state index contributed by atoms with van der Waals surface area (Å²) in [6.45, 7) is 3.31. The number of hydrogen-bond acceptors (Lipinski definition) is 5. The molecule has 2 rings (SSSR count). The van der Waals surface area contributed by atoms with E-state index in [2.05, 4.69) is 9.71 Å². The lowest BCUT2D eigenvalue weighted by molar-refractivity contribution is -0.136. The number of imidazole rings is 1. The van der Waals surface area contributed by atoms with Crippen LogP contribution in [0.4, 0.5) is 0 Å². The molecule has 1 aliphatic rings. The molecule has 0 saturated carbocycles. The molecule has 0 aliphatic carbocycles. The summed E-state index contributed by atoms with van der Waals surface area (Å²) in [5, 5.41) is -0.290. The lowest BCUT2D eigenvalue weighted by atomic mass is 10.3. The molecule has 0 spiro atoms. The van der Waals surface area contributed by atoms with Gasteiger partial charge in [-0.2, -0.15) is 4.72 Å². The normalized spacial score (nSPS) is 17.8. The number of aryl methyl sites for hydroxylation is 1. The van der Waals surface area contributed by atoms with Crippen LogP contribution in [0.3, 0.4) is 0 Å². The average molecular weight is 337 g/mol. The van der Waals surface area contributed by atoms with E-state index in [1.807, 2.05) is 0 Å². The lowest BCUT2D eigenvalue weighted by Gasteiger charge is -2.29. The molecule has 1 aliphatic heterocycles. The van der Waals surface area contributed by atoms with E-state index in [0.717, 1.165) is 0 Å². The number of ether oxygens (including phenoxy) is 1. The van der Waals surface area contributed by atoms with E-state index in [-0.39, 0.29) is 16.1 Å². The van der Waals surface area contributed by atoms with Crippen LogP contribution in [0, 0.1) is 0 Å². The highest BCUT2D eigenvalue weighted by Gasteiger charge is 2.29. The molecule has 1 saturated heterocycles. The van der Waals surface area contributed by atoms with Crippen molar-refractivity contribution in [2.45, 2.75) is 18.0 Å². The smallest absolute Gasteiger partial charge is 0.261 e. The maximum Gasteiger partial charge on any atom is 0.261 e. The molecule has 1 amide bonds. The molecule has 1 N–H and O–H groups in total. The Balaban J connectivity index is 2.09. The number of halogens is 1. The highest BCUT2D eigenvalue weighted by Crippen LogP contribution is 2.18. The summed E-state index contributed by atoms with van der Waals surface area (Å²) in [6.07, 6.45) is 1.30. The fraction of sp³-hybridized carbons (Fsp3) is 0.636. The molecule has 1 aromatic rings. The fourth-order valence-electron chi connectivity index (χ4n) is 1.97. The number of carbonyl (C=O) groups is 1. The third-order valence-corrected chi connectivity index (χ3v) is 5.14. The number of carbonyl (C=O) groups excluding carboxylic acids is 1. The van der Waals surface area contributed by atoms with Crippen molar-refractivity contribution < 1.29 is 17.9 Å². The number of rotatable bonds is 4. The summed E-state index contributed by atoms with van der Waals surface area (Å²) in [7, 11) is -2.37. The van der Waals surface area contributed by atoms with Crippen molar-refractivity contribution in [1.82, 2.24) is 19.2 Å². The number of hydrogen-bond donors (Lipinski definition) is 1. The zero-order valence-electron chi connectivity index (χ0n) is 11.7. The third kappa shape index (κ3) is 3.54. The fourth-order valence-corrected chi connectivity index (χ4v) is 3.60. The molecule has 0 radical (unpaired) electrons. The van der Waals surface area contributed by atoms with Crippen molar-refractivity contribution >= 4 is 27.5 Å². The van der Waals surface area contributed by atoms with Gasteiger partial charge in [0.25, 0.3) is 10.0 Å². The minimum Gasteiger partial charge on any atom is -0.378 e. The monoisotopic (exact) mass is 336 g/mol. The standard InChI is InChI=1S/C11H17ClN4O4S/c1-8(11(17)16-3-5-20-6-4-16)14-21(18,19)10-9(12)15(2)7-13-10/h7-8,14H,3-6H2,1-2H3. The van der Waals surface area contributed by atoms with Crippen molar-refractivity contribution in [3.8, 4) is 0 Å². The van der Waals surface area contributed by atoms with Crippen LogP contribution < -0.4 is 4.72 Å². The van der Waals surface area contributed by atoms with Crippen LogP contribution in [0.5, 0.6) is 0 Å². The first-order valence-electron chi connectivity index (χ1n) is 6.38. The minimum absolute atomic E-state index is 0.00600. The summed E-state index contributed by atoms with van der Waals surface area (Å²) < 4.78 is 33.2. The topological polar surface area (TPSA) is 93.5 Å². The third-order valence-electron chi connectivity index (χ3n) is 3.11. The highest BCUT2D eigenvalue weighted by molar-refractivity contribution is 7.89. The van der Waals surface area contributed by atoms with E-state index < -0.39 is 16.1 Å². The molecule has 21 heavy (non-hydrogen) atoms. The van der Waals surface area contributed by atoms with Gasteiger partial charge in [-0.25, -0.2) is 13.4 Å². The summed E-state index contributed by atoms with van der Waals surface area (Å²) in [4.78, 5) is 17.5. The van der Waals surface area contributed by atoms with Gasteiger partial charge >= 0.3 is 0 Å². The summed E-state index contributed by atoms with van der Waals surface area (Å²) in [5.41, 5.74) is 0. The maximum atomic E-state index is 12.2.